The molecule has 4 nitrogen and oxygen atoms in total. The van der Waals surface area contributed by atoms with E-state index in [1.165, 1.54) is 7.11 Å². The Kier molecular flexibility index (Phi) is 6.80. The summed E-state index contributed by atoms with van der Waals surface area (Å²) in [6.45, 7) is 11.7. The van der Waals surface area contributed by atoms with E-state index < -0.39 is 0 Å². The van der Waals surface area contributed by atoms with E-state index in [1.54, 1.807) is 0 Å². The Bertz CT molecular complexity index is 281. The van der Waals surface area contributed by atoms with Gasteiger partial charge in [0.15, 0.2) is 0 Å². The second-order valence-electron chi connectivity index (χ2n) is 6.17. The van der Waals surface area contributed by atoms with Gasteiger partial charge in [-0.25, -0.2) is 0 Å². The third-order valence-corrected chi connectivity index (χ3v) is 4.04. The van der Waals surface area contributed by atoms with E-state index in [2.05, 4.69) is 37.9 Å². The zero-order chi connectivity index (χ0) is 14.4. The average Bonchev–Trinajstić information content (AvgIpc) is 2.42. The molecule has 3 unspecified atom stereocenters. The van der Waals surface area contributed by atoms with Crippen LogP contribution in [0.15, 0.2) is 0 Å². The number of ether oxygens (including phenoxy) is 1. The van der Waals surface area contributed by atoms with Crippen LogP contribution in [0.3, 0.4) is 0 Å². The van der Waals surface area contributed by atoms with Gasteiger partial charge in [-0.05, 0) is 32.2 Å². The largest absolute Gasteiger partial charge is 0.469 e. The van der Waals surface area contributed by atoms with Crippen LogP contribution in [0, 0.1) is 11.8 Å². The zero-order valence-corrected chi connectivity index (χ0v) is 13.1. The minimum atomic E-state index is -0.0654. The summed E-state index contributed by atoms with van der Waals surface area (Å²) in [4.78, 5) is 14.3. The summed E-state index contributed by atoms with van der Waals surface area (Å²) >= 11 is 0. The van der Waals surface area contributed by atoms with E-state index in [0.29, 0.717) is 18.0 Å². The van der Waals surface area contributed by atoms with Gasteiger partial charge in [0.1, 0.15) is 0 Å². The molecule has 1 rings (SSSR count). The Hall–Kier alpha value is -0.610. The van der Waals surface area contributed by atoms with Gasteiger partial charge in [-0.3, -0.25) is 9.69 Å². The molecule has 1 N–H and O–H groups in total. The van der Waals surface area contributed by atoms with Gasteiger partial charge in [0.2, 0.25) is 0 Å². The van der Waals surface area contributed by atoms with E-state index in [4.69, 9.17) is 4.74 Å². The number of nitrogens with one attached hydrogen (secondary N) is 1. The van der Waals surface area contributed by atoms with Crippen molar-refractivity contribution in [2.45, 2.75) is 52.6 Å². The molecule has 0 bridgehead atoms. The Morgan fingerprint density at radius 2 is 2.05 bits per heavy atom. The number of hydrogen-bond acceptors (Lipinski definition) is 4. The van der Waals surface area contributed by atoms with Crippen LogP contribution in [0.2, 0.25) is 0 Å². The number of methoxy groups -OCH3 is 1. The summed E-state index contributed by atoms with van der Waals surface area (Å²) in [5, 5.41) is 3.59. The maximum atomic E-state index is 11.8. The first-order valence-corrected chi connectivity index (χ1v) is 7.53. The molecule has 112 valence electrons. The molecule has 0 radical (unpaired) electrons. The molecule has 0 aromatic heterocycles. The Morgan fingerprint density at radius 1 is 1.37 bits per heavy atom. The van der Waals surface area contributed by atoms with Crippen LogP contribution in [-0.2, 0) is 9.53 Å². The summed E-state index contributed by atoms with van der Waals surface area (Å²) in [6.07, 6.45) is 2.01. The average molecular weight is 270 g/mol. The van der Waals surface area contributed by atoms with Gasteiger partial charge >= 0.3 is 5.97 Å². The number of carbonyl (C=O) groups is 1. The van der Waals surface area contributed by atoms with Crippen molar-refractivity contribution >= 4 is 5.97 Å². The third kappa shape index (κ3) is 5.11. The van der Waals surface area contributed by atoms with Crippen molar-refractivity contribution in [2.75, 3.05) is 26.7 Å². The number of likely N-dealkylation sites (tertiary alicyclic amines) is 1. The molecule has 0 aliphatic carbocycles. The molecular weight excluding hydrogens is 240 g/mol. The van der Waals surface area contributed by atoms with Gasteiger partial charge in [-0.2, -0.15) is 0 Å². The van der Waals surface area contributed by atoms with E-state index in [9.17, 15) is 4.79 Å². The highest BCUT2D eigenvalue weighted by Crippen LogP contribution is 2.21. The van der Waals surface area contributed by atoms with Crippen molar-refractivity contribution in [3.63, 3.8) is 0 Å². The van der Waals surface area contributed by atoms with E-state index in [1.807, 2.05) is 0 Å². The maximum Gasteiger partial charge on any atom is 0.310 e. The van der Waals surface area contributed by atoms with Crippen LogP contribution in [0.5, 0.6) is 0 Å². The van der Waals surface area contributed by atoms with Crippen LogP contribution >= 0.6 is 0 Å². The van der Waals surface area contributed by atoms with Crippen molar-refractivity contribution in [2.24, 2.45) is 11.8 Å². The Morgan fingerprint density at radius 3 is 2.58 bits per heavy atom. The molecule has 3 atom stereocenters. The van der Waals surface area contributed by atoms with Gasteiger partial charge < -0.3 is 10.1 Å². The van der Waals surface area contributed by atoms with Gasteiger partial charge in [0.05, 0.1) is 13.0 Å². The quantitative estimate of drug-likeness (QED) is 0.749. The van der Waals surface area contributed by atoms with Gasteiger partial charge in [-0.1, -0.05) is 20.8 Å². The monoisotopic (exact) mass is 270 g/mol. The second-order valence-corrected chi connectivity index (χ2v) is 6.17. The van der Waals surface area contributed by atoms with E-state index in [-0.39, 0.29) is 11.9 Å². The first-order valence-electron chi connectivity index (χ1n) is 7.53. The fraction of sp³-hybridized carbons (Fsp3) is 0.933. The maximum absolute atomic E-state index is 11.8. The van der Waals surface area contributed by atoms with Gasteiger partial charge in [-0.15, -0.1) is 0 Å². The molecule has 1 aliphatic heterocycles. The van der Waals surface area contributed by atoms with E-state index >= 15 is 0 Å². The van der Waals surface area contributed by atoms with Crippen LogP contribution in [0.1, 0.15) is 40.5 Å². The number of nitrogens with zero attached hydrogens (tertiary/aromatic N) is 1. The topological polar surface area (TPSA) is 41.6 Å². The van der Waals surface area contributed by atoms with Crippen molar-refractivity contribution in [1.29, 1.82) is 0 Å². The van der Waals surface area contributed by atoms with Crippen LogP contribution in [0.25, 0.3) is 0 Å². The highest BCUT2D eigenvalue weighted by molar-refractivity contribution is 5.72. The second kappa shape index (κ2) is 7.85. The number of esters is 1. The molecule has 0 aromatic rings. The van der Waals surface area contributed by atoms with Crippen LogP contribution in [-0.4, -0.2) is 49.7 Å². The molecule has 0 aromatic carbocycles. The third-order valence-electron chi connectivity index (χ3n) is 4.04. The highest BCUT2D eigenvalue weighted by Gasteiger charge is 2.33. The highest BCUT2D eigenvalue weighted by atomic mass is 16.5. The number of piperidine rings is 1. The lowest BCUT2D eigenvalue weighted by atomic mass is 9.92. The summed E-state index contributed by atoms with van der Waals surface area (Å²) in [6, 6.07) is 0.921. The van der Waals surface area contributed by atoms with Gasteiger partial charge in [0.25, 0.3) is 0 Å². The fourth-order valence-corrected chi connectivity index (χ4v) is 2.64. The smallest absolute Gasteiger partial charge is 0.310 e. The molecule has 0 saturated carbocycles. The Balaban J connectivity index is 2.63. The normalized spacial score (nSPS) is 26.4. The Labute approximate surface area is 117 Å². The molecule has 1 saturated heterocycles. The number of carbonyl (C=O) groups excluding carboxylic acids is 1. The van der Waals surface area contributed by atoms with Gasteiger partial charge in [0, 0.05) is 25.2 Å². The summed E-state index contributed by atoms with van der Waals surface area (Å²) in [7, 11) is 1.49. The van der Waals surface area contributed by atoms with Crippen LogP contribution < -0.4 is 5.32 Å². The van der Waals surface area contributed by atoms with Crippen molar-refractivity contribution in [3.05, 3.63) is 0 Å². The molecule has 19 heavy (non-hydrogen) atoms. The predicted octanol–water partition coefficient (Wildman–Crippen LogP) is 1.89. The van der Waals surface area contributed by atoms with Crippen molar-refractivity contribution in [3.8, 4) is 0 Å². The molecule has 0 amide bonds. The summed E-state index contributed by atoms with van der Waals surface area (Å²) in [5.74, 6) is 0.581. The number of rotatable bonds is 6. The molecular formula is C15H30N2O2. The lowest BCUT2D eigenvalue weighted by molar-refractivity contribution is -0.148. The first-order chi connectivity index (χ1) is 8.97. The first kappa shape index (κ1) is 16.4. The summed E-state index contributed by atoms with van der Waals surface area (Å²) in [5.41, 5.74) is 0. The lowest BCUT2D eigenvalue weighted by Gasteiger charge is -2.40. The molecule has 1 aliphatic rings. The SMILES string of the molecule is CCC(C)N1CC(NCC(C)C)CC(C(=O)OC)C1. The molecule has 4 heteroatoms. The van der Waals surface area contributed by atoms with Crippen LogP contribution in [0.4, 0.5) is 0 Å². The predicted molar refractivity (Wildman–Crippen MR) is 78.1 cm³/mol. The summed E-state index contributed by atoms with van der Waals surface area (Å²) < 4.78 is 4.93. The lowest BCUT2D eigenvalue weighted by Crippen LogP contribution is -2.54. The number of hydrogen-bond donors (Lipinski definition) is 1. The zero-order valence-electron chi connectivity index (χ0n) is 13.1. The minimum Gasteiger partial charge on any atom is -0.469 e. The fourth-order valence-electron chi connectivity index (χ4n) is 2.64. The van der Waals surface area contributed by atoms with Crippen molar-refractivity contribution < 1.29 is 9.53 Å². The molecule has 0 spiro atoms. The molecule has 1 heterocycles. The standard InChI is InChI=1S/C15H30N2O2/c1-6-12(4)17-9-13(15(18)19-5)7-14(10-17)16-8-11(2)3/h11-14,16H,6-10H2,1-5H3. The van der Waals surface area contributed by atoms with Crippen molar-refractivity contribution in [1.82, 2.24) is 10.2 Å². The minimum absolute atomic E-state index is 0.0115. The van der Waals surface area contributed by atoms with E-state index in [0.717, 1.165) is 32.5 Å². The molecule has 1 fully saturated rings.